The van der Waals surface area contributed by atoms with Crippen molar-refractivity contribution in [2.75, 3.05) is 18.0 Å². The van der Waals surface area contributed by atoms with Crippen LogP contribution in [0.3, 0.4) is 0 Å². The van der Waals surface area contributed by atoms with Gasteiger partial charge < -0.3 is 9.69 Å². The smallest absolute Gasteiger partial charge is 0.209 e. The van der Waals surface area contributed by atoms with E-state index >= 15 is 0 Å². The van der Waals surface area contributed by atoms with Gasteiger partial charge in [0.2, 0.25) is 5.13 Å². The summed E-state index contributed by atoms with van der Waals surface area (Å²) in [7, 11) is 0. The Morgan fingerprint density at radius 3 is 3.06 bits per heavy atom. The summed E-state index contributed by atoms with van der Waals surface area (Å²) in [4.78, 5) is 13.3. The minimum absolute atomic E-state index is 0.283. The van der Waals surface area contributed by atoms with Crippen LogP contribution in [0.5, 0.6) is 0 Å². The highest BCUT2D eigenvalue weighted by molar-refractivity contribution is 9.11. The van der Waals surface area contributed by atoms with Gasteiger partial charge >= 0.3 is 0 Å². The first-order valence-electron chi connectivity index (χ1n) is 5.38. The van der Waals surface area contributed by atoms with Gasteiger partial charge in [-0.2, -0.15) is 0 Å². The van der Waals surface area contributed by atoms with Gasteiger partial charge in [-0.15, -0.1) is 10.2 Å². The second-order valence-corrected chi connectivity index (χ2v) is 6.43. The number of carbonyl (C=O) groups excluding carboxylic acids is 1. The number of anilines is 1. The Labute approximate surface area is 107 Å². The van der Waals surface area contributed by atoms with Crippen LogP contribution in [0.15, 0.2) is 3.92 Å². The lowest BCUT2D eigenvalue weighted by Crippen LogP contribution is -2.36. The van der Waals surface area contributed by atoms with Crippen LogP contribution in [-0.2, 0) is 4.79 Å². The maximum Gasteiger partial charge on any atom is 0.209 e. The zero-order valence-electron chi connectivity index (χ0n) is 9.15. The summed E-state index contributed by atoms with van der Waals surface area (Å²) < 4.78 is 0.816. The molecule has 16 heavy (non-hydrogen) atoms. The molecule has 0 aromatic carbocycles. The molecule has 0 unspecified atom stereocenters. The van der Waals surface area contributed by atoms with E-state index in [1.54, 1.807) is 18.3 Å². The maximum atomic E-state index is 11.1. The summed E-state index contributed by atoms with van der Waals surface area (Å²) in [6.45, 7) is 3.62. The highest BCUT2D eigenvalue weighted by atomic mass is 79.9. The molecule has 0 N–H and O–H groups in total. The molecule has 1 aromatic rings. The number of ketones is 1. The second-order valence-electron chi connectivity index (χ2n) is 4.20. The highest BCUT2D eigenvalue weighted by Gasteiger charge is 2.23. The fraction of sp³-hybridized carbons (Fsp3) is 0.700. The van der Waals surface area contributed by atoms with E-state index in [4.69, 9.17) is 0 Å². The van der Waals surface area contributed by atoms with E-state index in [0.29, 0.717) is 12.3 Å². The van der Waals surface area contributed by atoms with E-state index in [-0.39, 0.29) is 5.78 Å². The van der Waals surface area contributed by atoms with Crippen molar-refractivity contribution in [1.29, 1.82) is 0 Å². The zero-order valence-corrected chi connectivity index (χ0v) is 11.6. The first kappa shape index (κ1) is 12.0. The Hall–Kier alpha value is -0.490. The Bertz CT molecular complexity index is 382. The normalized spacial score (nSPS) is 21.1. The van der Waals surface area contributed by atoms with Gasteiger partial charge in [0.1, 0.15) is 5.78 Å². The molecule has 88 valence electrons. The lowest BCUT2D eigenvalue weighted by molar-refractivity contribution is -0.117. The first-order valence-corrected chi connectivity index (χ1v) is 6.99. The monoisotopic (exact) mass is 303 g/mol. The topological polar surface area (TPSA) is 46.1 Å². The molecule has 0 aliphatic carbocycles. The molecule has 1 aliphatic rings. The van der Waals surface area contributed by atoms with Crippen molar-refractivity contribution in [3.05, 3.63) is 3.92 Å². The Morgan fingerprint density at radius 1 is 1.62 bits per heavy atom. The summed E-state index contributed by atoms with van der Waals surface area (Å²) in [5.41, 5.74) is 0. The van der Waals surface area contributed by atoms with Gasteiger partial charge in [-0.3, -0.25) is 0 Å². The number of halogens is 1. The average Bonchev–Trinajstić information content (AvgIpc) is 2.64. The molecule has 1 saturated heterocycles. The number of hydrogen-bond acceptors (Lipinski definition) is 5. The zero-order chi connectivity index (χ0) is 11.5. The highest BCUT2D eigenvalue weighted by Crippen LogP contribution is 2.29. The third-order valence-electron chi connectivity index (χ3n) is 2.76. The molecule has 0 saturated carbocycles. The van der Waals surface area contributed by atoms with E-state index in [2.05, 4.69) is 31.0 Å². The summed E-state index contributed by atoms with van der Waals surface area (Å²) in [5.74, 6) is 0.763. The molecule has 1 atom stereocenters. The fourth-order valence-electron chi connectivity index (χ4n) is 2.14. The van der Waals surface area contributed by atoms with Crippen LogP contribution in [0.1, 0.15) is 26.2 Å². The number of Topliss-reactive ketones (excluding diaryl/α,β-unsaturated/α-hetero) is 1. The van der Waals surface area contributed by atoms with Gasteiger partial charge in [-0.1, -0.05) is 11.3 Å². The molecule has 4 nitrogen and oxygen atoms in total. The number of nitrogens with zero attached hydrogens (tertiary/aromatic N) is 3. The van der Waals surface area contributed by atoms with Crippen molar-refractivity contribution < 1.29 is 4.79 Å². The lowest BCUT2D eigenvalue weighted by atomic mass is 9.93. The average molecular weight is 304 g/mol. The van der Waals surface area contributed by atoms with Crippen molar-refractivity contribution >= 4 is 38.2 Å². The molecular weight excluding hydrogens is 290 g/mol. The van der Waals surface area contributed by atoms with E-state index in [1.807, 2.05) is 0 Å². The fourth-order valence-corrected chi connectivity index (χ4v) is 3.26. The van der Waals surface area contributed by atoms with E-state index in [1.165, 1.54) is 0 Å². The summed E-state index contributed by atoms with van der Waals surface area (Å²) in [6, 6.07) is 0. The van der Waals surface area contributed by atoms with Gasteiger partial charge in [0.05, 0.1) is 0 Å². The van der Waals surface area contributed by atoms with Crippen LogP contribution in [0, 0.1) is 5.92 Å². The van der Waals surface area contributed by atoms with E-state index in [0.717, 1.165) is 35.0 Å². The molecule has 0 amide bonds. The molecule has 2 rings (SSSR count). The number of piperidine rings is 1. The second kappa shape index (κ2) is 5.23. The minimum Gasteiger partial charge on any atom is -0.346 e. The lowest BCUT2D eigenvalue weighted by Gasteiger charge is -2.31. The molecule has 0 bridgehead atoms. The molecule has 1 fully saturated rings. The molecule has 1 aliphatic heterocycles. The molecule has 0 radical (unpaired) electrons. The van der Waals surface area contributed by atoms with Crippen LogP contribution < -0.4 is 4.90 Å². The first-order chi connectivity index (χ1) is 7.65. The van der Waals surface area contributed by atoms with Crippen LogP contribution in [0.2, 0.25) is 0 Å². The predicted octanol–water partition coefficient (Wildman–Crippen LogP) is 2.50. The van der Waals surface area contributed by atoms with Gasteiger partial charge in [0.15, 0.2) is 3.92 Å². The Morgan fingerprint density at radius 2 is 2.44 bits per heavy atom. The molecule has 0 spiro atoms. The summed E-state index contributed by atoms with van der Waals surface area (Å²) in [6.07, 6.45) is 2.97. The van der Waals surface area contributed by atoms with Gasteiger partial charge in [0.25, 0.3) is 0 Å². The van der Waals surface area contributed by atoms with Crippen LogP contribution in [0.25, 0.3) is 0 Å². The third-order valence-corrected chi connectivity index (χ3v) is 4.17. The van der Waals surface area contributed by atoms with Crippen molar-refractivity contribution in [2.45, 2.75) is 26.2 Å². The van der Waals surface area contributed by atoms with Gasteiger partial charge in [0, 0.05) is 19.5 Å². The number of hydrogen-bond donors (Lipinski definition) is 0. The largest absolute Gasteiger partial charge is 0.346 e. The van der Waals surface area contributed by atoms with Crippen molar-refractivity contribution in [2.24, 2.45) is 5.92 Å². The standard InChI is InChI=1S/C10H14BrN3OS/c1-7(15)5-8-3-2-4-14(6-8)10-13-12-9(11)16-10/h8H,2-6H2,1H3/t8-/m0/s1. The van der Waals surface area contributed by atoms with Crippen molar-refractivity contribution in [3.63, 3.8) is 0 Å². The molecular formula is C10H14BrN3OS. The summed E-state index contributed by atoms with van der Waals surface area (Å²) in [5, 5.41) is 9.03. The minimum atomic E-state index is 0.283. The van der Waals surface area contributed by atoms with E-state index in [9.17, 15) is 4.79 Å². The number of carbonyl (C=O) groups is 1. The molecule has 1 aromatic heterocycles. The quantitative estimate of drug-likeness (QED) is 0.861. The maximum absolute atomic E-state index is 11.1. The SMILES string of the molecule is CC(=O)C[C@@H]1CCCN(c2nnc(Br)s2)C1. The molecule has 6 heteroatoms. The van der Waals surface area contributed by atoms with Crippen molar-refractivity contribution in [1.82, 2.24) is 10.2 Å². The van der Waals surface area contributed by atoms with Crippen LogP contribution in [-0.4, -0.2) is 29.1 Å². The van der Waals surface area contributed by atoms with Gasteiger partial charge in [-0.25, -0.2) is 0 Å². The number of rotatable bonds is 3. The predicted molar refractivity (Wildman–Crippen MR) is 67.8 cm³/mol. The Balaban J connectivity index is 1.99. The number of aromatic nitrogens is 2. The van der Waals surface area contributed by atoms with Crippen molar-refractivity contribution in [3.8, 4) is 0 Å². The Kier molecular flexibility index (Phi) is 3.91. The third kappa shape index (κ3) is 3.01. The summed E-state index contributed by atoms with van der Waals surface area (Å²) >= 11 is 4.87. The molecule has 2 heterocycles. The van der Waals surface area contributed by atoms with Crippen LogP contribution >= 0.6 is 27.3 Å². The van der Waals surface area contributed by atoms with E-state index < -0.39 is 0 Å². The van der Waals surface area contributed by atoms with Gasteiger partial charge in [-0.05, 0) is 41.6 Å². The van der Waals surface area contributed by atoms with Crippen LogP contribution in [0.4, 0.5) is 5.13 Å².